The highest BCUT2D eigenvalue weighted by atomic mass is 16.2. The first kappa shape index (κ1) is 15.5. The van der Waals surface area contributed by atoms with Gasteiger partial charge in [0.25, 0.3) is 5.91 Å². The first-order valence-corrected chi connectivity index (χ1v) is 7.97. The summed E-state index contributed by atoms with van der Waals surface area (Å²) in [6.07, 6.45) is 6.72. The molecule has 0 saturated carbocycles. The molecule has 0 aromatic carbocycles. The molecule has 1 saturated heterocycles. The minimum atomic E-state index is -0.123. The Bertz CT molecular complexity index is 739. The van der Waals surface area contributed by atoms with Gasteiger partial charge in [0.2, 0.25) is 5.91 Å². The molecule has 1 unspecified atom stereocenters. The van der Waals surface area contributed by atoms with Gasteiger partial charge < -0.3 is 10.2 Å². The van der Waals surface area contributed by atoms with E-state index in [9.17, 15) is 9.59 Å². The van der Waals surface area contributed by atoms with Gasteiger partial charge in [0.1, 0.15) is 5.56 Å². The van der Waals surface area contributed by atoms with E-state index in [-0.39, 0.29) is 17.7 Å². The molecule has 2 aromatic rings. The number of aryl methyl sites for hydroxylation is 1. The van der Waals surface area contributed by atoms with Crippen LogP contribution in [0.2, 0.25) is 0 Å². The quantitative estimate of drug-likeness (QED) is 0.914. The number of rotatable bonds is 4. The number of hydrogen-bond donors (Lipinski definition) is 1. The van der Waals surface area contributed by atoms with E-state index in [1.807, 2.05) is 20.0 Å². The van der Waals surface area contributed by atoms with Crippen LogP contribution < -0.4 is 5.32 Å². The molecule has 1 aliphatic heterocycles. The summed E-state index contributed by atoms with van der Waals surface area (Å²) in [4.78, 5) is 30.7. The molecule has 1 aliphatic rings. The summed E-state index contributed by atoms with van der Waals surface area (Å²) < 4.78 is 1.62. The van der Waals surface area contributed by atoms with Gasteiger partial charge in [-0.1, -0.05) is 6.92 Å². The Labute approximate surface area is 134 Å². The molecule has 122 valence electrons. The van der Waals surface area contributed by atoms with Gasteiger partial charge in [-0.3, -0.25) is 9.59 Å². The van der Waals surface area contributed by atoms with Gasteiger partial charge in [-0.15, -0.1) is 0 Å². The predicted molar refractivity (Wildman–Crippen MR) is 85.0 cm³/mol. The lowest BCUT2D eigenvalue weighted by Gasteiger charge is -2.15. The van der Waals surface area contributed by atoms with E-state index in [0.29, 0.717) is 37.3 Å². The van der Waals surface area contributed by atoms with Crippen LogP contribution in [-0.4, -0.2) is 50.9 Å². The lowest BCUT2D eigenvalue weighted by molar-refractivity contribution is -0.124. The molecule has 3 rings (SSSR count). The van der Waals surface area contributed by atoms with E-state index >= 15 is 0 Å². The molecule has 3 heterocycles. The SMILES string of the molecule is CCCNC(=O)C1CCN(C(=O)c2cnn3cc(C)cnc23)C1. The molecule has 1 fully saturated rings. The molecule has 2 amide bonds. The van der Waals surface area contributed by atoms with Crippen LogP contribution in [0.25, 0.3) is 5.65 Å². The van der Waals surface area contributed by atoms with Crippen LogP contribution in [-0.2, 0) is 4.79 Å². The molecule has 0 radical (unpaired) electrons. The fourth-order valence-electron chi connectivity index (χ4n) is 2.84. The Morgan fingerprint density at radius 3 is 3.00 bits per heavy atom. The number of likely N-dealkylation sites (tertiary alicyclic amines) is 1. The number of fused-ring (bicyclic) bond motifs is 1. The van der Waals surface area contributed by atoms with E-state index in [1.165, 1.54) is 0 Å². The zero-order valence-electron chi connectivity index (χ0n) is 13.5. The Kier molecular flexibility index (Phi) is 4.27. The van der Waals surface area contributed by atoms with Gasteiger partial charge in [0, 0.05) is 32.0 Å². The molecule has 23 heavy (non-hydrogen) atoms. The van der Waals surface area contributed by atoms with Crippen molar-refractivity contribution in [1.29, 1.82) is 0 Å². The summed E-state index contributed by atoms with van der Waals surface area (Å²) in [6.45, 7) is 5.67. The average Bonchev–Trinajstić information content (AvgIpc) is 3.18. The maximum absolute atomic E-state index is 12.7. The lowest BCUT2D eigenvalue weighted by atomic mass is 10.1. The van der Waals surface area contributed by atoms with Crippen LogP contribution in [0.5, 0.6) is 0 Å². The zero-order chi connectivity index (χ0) is 16.4. The summed E-state index contributed by atoms with van der Waals surface area (Å²) in [7, 11) is 0. The Morgan fingerprint density at radius 1 is 1.39 bits per heavy atom. The maximum Gasteiger partial charge on any atom is 0.259 e. The Balaban J connectivity index is 1.72. The summed E-state index contributed by atoms with van der Waals surface area (Å²) in [5, 5.41) is 7.09. The average molecular weight is 315 g/mol. The minimum absolute atomic E-state index is 0.0377. The van der Waals surface area contributed by atoms with Crippen molar-refractivity contribution in [3.8, 4) is 0 Å². The molecule has 0 aliphatic carbocycles. The molecule has 2 aromatic heterocycles. The van der Waals surface area contributed by atoms with Gasteiger partial charge >= 0.3 is 0 Å². The van der Waals surface area contributed by atoms with E-state index in [0.717, 1.165) is 12.0 Å². The van der Waals surface area contributed by atoms with Crippen LogP contribution in [0.1, 0.15) is 35.7 Å². The minimum Gasteiger partial charge on any atom is -0.356 e. The number of aromatic nitrogens is 3. The van der Waals surface area contributed by atoms with Crippen molar-refractivity contribution in [3.63, 3.8) is 0 Å². The topological polar surface area (TPSA) is 79.6 Å². The summed E-state index contributed by atoms with van der Waals surface area (Å²) in [6, 6.07) is 0. The van der Waals surface area contributed by atoms with E-state index in [2.05, 4.69) is 15.4 Å². The number of amides is 2. The zero-order valence-corrected chi connectivity index (χ0v) is 13.5. The van der Waals surface area contributed by atoms with Gasteiger partial charge in [-0.25, -0.2) is 9.50 Å². The maximum atomic E-state index is 12.7. The van der Waals surface area contributed by atoms with Crippen molar-refractivity contribution >= 4 is 17.5 Å². The fourth-order valence-corrected chi connectivity index (χ4v) is 2.84. The smallest absolute Gasteiger partial charge is 0.259 e. The first-order valence-electron chi connectivity index (χ1n) is 7.97. The molecule has 7 nitrogen and oxygen atoms in total. The van der Waals surface area contributed by atoms with Gasteiger partial charge in [0.15, 0.2) is 5.65 Å². The number of hydrogen-bond acceptors (Lipinski definition) is 4. The standard InChI is InChI=1S/C16H21N5O2/c1-3-5-17-15(22)12-4-6-20(10-12)16(23)13-8-19-21-9-11(2)7-18-14(13)21/h7-9,12H,3-6,10H2,1-2H3,(H,17,22). The van der Waals surface area contributed by atoms with Gasteiger partial charge in [0.05, 0.1) is 12.1 Å². The van der Waals surface area contributed by atoms with Crippen molar-refractivity contribution in [3.05, 3.63) is 29.7 Å². The second-order valence-corrected chi connectivity index (χ2v) is 5.99. The summed E-state index contributed by atoms with van der Waals surface area (Å²) in [5.41, 5.74) is 2.02. The number of carbonyl (C=O) groups is 2. The number of carbonyl (C=O) groups excluding carboxylic acids is 2. The normalized spacial score (nSPS) is 17.7. The molecule has 1 N–H and O–H groups in total. The highest BCUT2D eigenvalue weighted by molar-refractivity contribution is 6.00. The second-order valence-electron chi connectivity index (χ2n) is 5.99. The van der Waals surface area contributed by atoms with Crippen molar-refractivity contribution in [2.45, 2.75) is 26.7 Å². The van der Waals surface area contributed by atoms with Crippen LogP contribution in [0.3, 0.4) is 0 Å². The van der Waals surface area contributed by atoms with Crippen molar-refractivity contribution in [1.82, 2.24) is 24.8 Å². The van der Waals surface area contributed by atoms with Crippen LogP contribution in [0.4, 0.5) is 0 Å². The van der Waals surface area contributed by atoms with Gasteiger partial charge in [-0.2, -0.15) is 5.10 Å². The van der Waals surface area contributed by atoms with Crippen LogP contribution >= 0.6 is 0 Å². The summed E-state index contributed by atoms with van der Waals surface area (Å²) >= 11 is 0. The highest BCUT2D eigenvalue weighted by Crippen LogP contribution is 2.20. The third kappa shape index (κ3) is 3.04. The molecule has 1 atom stereocenters. The Morgan fingerprint density at radius 2 is 2.22 bits per heavy atom. The van der Waals surface area contributed by atoms with E-state index in [4.69, 9.17) is 0 Å². The predicted octanol–water partition coefficient (Wildman–Crippen LogP) is 1.03. The van der Waals surface area contributed by atoms with Crippen molar-refractivity contribution in [2.75, 3.05) is 19.6 Å². The first-order chi connectivity index (χ1) is 11.1. The second kappa shape index (κ2) is 6.36. The highest BCUT2D eigenvalue weighted by Gasteiger charge is 2.32. The fraction of sp³-hybridized carbons (Fsp3) is 0.500. The molecular weight excluding hydrogens is 294 g/mol. The number of nitrogens with zero attached hydrogens (tertiary/aromatic N) is 4. The number of nitrogens with one attached hydrogen (secondary N) is 1. The summed E-state index contributed by atoms with van der Waals surface area (Å²) in [5.74, 6) is -0.194. The van der Waals surface area contributed by atoms with Gasteiger partial charge in [-0.05, 0) is 25.3 Å². The van der Waals surface area contributed by atoms with Crippen LogP contribution in [0, 0.1) is 12.8 Å². The van der Waals surface area contributed by atoms with Crippen molar-refractivity contribution in [2.24, 2.45) is 5.92 Å². The van der Waals surface area contributed by atoms with E-state index < -0.39 is 0 Å². The third-order valence-electron chi connectivity index (χ3n) is 4.11. The molecule has 0 spiro atoms. The van der Waals surface area contributed by atoms with Crippen LogP contribution in [0.15, 0.2) is 18.6 Å². The molecular formula is C16H21N5O2. The largest absolute Gasteiger partial charge is 0.356 e. The van der Waals surface area contributed by atoms with E-state index in [1.54, 1.807) is 21.8 Å². The Hall–Kier alpha value is -2.44. The molecule has 0 bridgehead atoms. The van der Waals surface area contributed by atoms with Crippen molar-refractivity contribution < 1.29 is 9.59 Å². The third-order valence-corrected chi connectivity index (χ3v) is 4.11. The monoisotopic (exact) mass is 315 g/mol. The lowest BCUT2D eigenvalue weighted by Crippen LogP contribution is -2.35. The molecule has 7 heteroatoms.